The highest BCUT2D eigenvalue weighted by molar-refractivity contribution is 7.99. The van der Waals surface area contributed by atoms with Crippen molar-refractivity contribution in [3.05, 3.63) is 54.0 Å². The standard InChI is InChI=1S/C19H22FN3O3S2/c20-16-6-4-15(5-7-16)12-21-18(24)14-27-19-9-8-17(13-22-19)28(25,26)23-10-2-1-3-11-23/h4-9,13H,1-3,10-12,14H2,(H,21,24). The van der Waals surface area contributed by atoms with E-state index in [-0.39, 0.29) is 22.4 Å². The van der Waals surface area contributed by atoms with Gasteiger partial charge in [0.2, 0.25) is 15.9 Å². The van der Waals surface area contributed by atoms with E-state index in [9.17, 15) is 17.6 Å². The van der Waals surface area contributed by atoms with Gasteiger partial charge in [0.25, 0.3) is 0 Å². The van der Waals surface area contributed by atoms with Crippen LogP contribution in [-0.4, -0.2) is 42.5 Å². The highest BCUT2D eigenvalue weighted by Gasteiger charge is 2.26. The number of hydrogen-bond donors (Lipinski definition) is 1. The molecule has 0 aliphatic carbocycles. The quantitative estimate of drug-likeness (QED) is 0.693. The van der Waals surface area contributed by atoms with Gasteiger partial charge >= 0.3 is 0 Å². The number of aromatic nitrogens is 1. The second-order valence-electron chi connectivity index (χ2n) is 6.49. The van der Waals surface area contributed by atoms with Gasteiger partial charge in [0.15, 0.2) is 0 Å². The molecule has 0 bridgehead atoms. The average molecular weight is 424 g/mol. The molecule has 150 valence electrons. The minimum Gasteiger partial charge on any atom is -0.351 e. The molecule has 1 N–H and O–H groups in total. The van der Waals surface area contributed by atoms with Crippen LogP contribution in [0.25, 0.3) is 0 Å². The summed E-state index contributed by atoms with van der Waals surface area (Å²) in [6, 6.07) is 9.08. The zero-order chi connectivity index (χ0) is 20.0. The molecule has 0 spiro atoms. The van der Waals surface area contributed by atoms with Gasteiger partial charge in [0.05, 0.1) is 10.8 Å². The average Bonchev–Trinajstić information content (AvgIpc) is 2.73. The molecule has 0 radical (unpaired) electrons. The van der Waals surface area contributed by atoms with E-state index in [0.29, 0.717) is 24.7 Å². The van der Waals surface area contributed by atoms with E-state index >= 15 is 0 Å². The van der Waals surface area contributed by atoms with Gasteiger partial charge in [-0.2, -0.15) is 4.31 Å². The predicted molar refractivity (Wildman–Crippen MR) is 106 cm³/mol. The first-order valence-corrected chi connectivity index (χ1v) is 11.5. The van der Waals surface area contributed by atoms with Crippen molar-refractivity contribution in [2.45, 2.75) is 35.7 Å². The Balaban J connectivity index is 1.49. The van der Waals surface area contributed by atoms with Gasteiger partial charge in [-0.3, -0.25) is 4.79 Å². The summed E-state index contributed by atoms with van der Waals surface area (Å²) in [4.78, 5) is 16.3. The third kappa shape index (κ3) is 5.52. The Morgan fingerprint density at radius 1 is 1.11 bits per heavy atom. The Labute approximate surface area is 168 Å². The lowest BCUT2D eigenvalue weighted by Gasteiger charge is -2.25. The molecule has 3 rings (SSSR count). The van der Waals surface area contributed by atoms with Crippen LogP contribution in [0.2, 0.25) is 0 Å². The van der Waals surface area contributed by atoms with Gasteiger partial charge in [-0.25, -0.2) is 17.8 Å². The molecule has 1 aliphatic rings. The minimum absolute atomic E-state index is 0.159. The number of amides is 1. The molecule has 2 aromatic rings. The minimum atomic E-state index is -3.50. The molecular formula is C19H22FN3O3S2. The molecule has 1 aromatic heterocycles. The summed E-state index contributed by atoms with van der Waals surface area (Å²) in [5.41, 5.74) is 0.810. The van der Waals surface area contributed by atoms with Gasteiger partial charge < -0.3 is 5.32 Å². The molecule has 2 heterocycles. The number of benzene rings is 1. The monoisotopic (exact) mass is 423 g/mol. The van der Waals surface area contributed by atoms with Crippen LogP contribution in [0.1, 0.15) is 24.8 Å². The highest BCUT2D eigenvalue weighted by Crippen LogP contribution is 2.22. The van der Waals surface area contributed by atoms with Crippen LogP contribution < -0.4 is 5.32 Å². The van der Waals surface area contributed by atoms with Gasteiger partial charge in [-0.1, -0.05) is 30.3 Å². The van der Waals surface area contributed by atoms with E-state index in [4.69, 9.17) is 0 Å². The van der Waals surface area contributed by atoms with Crippen LogP contribution in [0, 0.1) is 5.82 Å². The number of sulfonamides is 1. The maximum Gasteiger partial charge on any atom is 0.244 e. The van der Waals surface area contributed by atoms with Crippen molar-refractivity contribution in [1.82, 2.24) is 14.6 Å². The van der Waals surface area contributed by atoms with E-state index < -0.39 is 10.0 Å². The van der Waals surface area contributed by atoms with Crippen LogP contribution in [-0.2, 0) is 21.4 Å². The smallest absolute Gasteiger partial charge is 0.244 e. The van der Waals surface area contributed by atoms with E-state index in [0.717, 1.165) is 24.8 Å². The number of halogens is 1. The summed E-state index contributed by atoms with van der Waals surface area (Å²) in [5, 5.41) is 3.33. The molecule has 1 fully saturated rings. The summed E-state index contributed by atoms with van der Waals surface area (Å²) >= 11 is 1.23. The van der Waals surface area contributed by atoms with Gasteiger partial charge in [0.1, 0.15) is 10.7 Å². The number of hydrogen-bond acceptors (Lipinski definition) is 5. The normalized spacial score (nSPS) is 15.3. The number of nitrogens with zero attached hydrogens (tertiary/aromatic N) is 2. The molecular weight excluding hydrogens is 401 g/mol. The second-order valence-corrected chi connectivity index (χ2v) is 9.42. The number of nitrogens with one attached hydrogen (secondary N) is 1. The SMILES string of the molecule is O=C(CSc1ccc(S(=O)(=O)N2CCCCC2)cn1)NCc1ccc(F)cc1. The zero-order valence-electron chi connectivity index (χ0n) is 15.3. The fraction of sp³-hybridized carbons (Fsp3) is 0.368. The van der Waals surface area contributed by atoms with Crippen molar-refractivity contribution in [3.8, 4) is 0 Å². The van der Waals surface area contributed by atoms with Crippen molar-refractivity contribution < 1.29 is 17.6 Å². The third-order valence-corrected chi connectivity index (χ3v) is 7.24. The lowest BCUT2D eigenvalue weighted by Crippen LogP contribution is -2.35. The highest BCUT2D eigenvalue weighted by atomic mass is 32.2. The van der Waals surface area contributed by atoms with Crippen molar-refractivity contribution in [2.24, 2.45) is 0 Å². The summed E-state index contributed by atoms with van der Waals surface area (Å²) in [5.74, 6) is -0.338. The summed E-state index contributed by atoms with van der Waals surface area (Å²) in [6.45, 7) is 1.42. The molecule has 1 amide bonds. The van der Waals surface area contributed by atoms with Gasteiger partial charge in [0, 0.05) is 25.8 Å². The third-order valence-electron chi connectivity index (χ3n) is 4.42. The first kappa shape index (κ1) is 20.8. The molecule has 1 saturated heterocycles. The van der Waals surface area contributed by atoms with E-state index in [1.807, 2.05) is 0 Å². The van der Waals surface area contributed by atoms with Crippen LogP contribution >= 0.6 is 11.8 Å². The predicted octanol–water partition coefficient (Wildman–Crippen LogP) is 2.80. The Kier molecular flexibility index (Phi) is 7.03. The Morgan fingerprint density at radius 2 is 1.82 bits per heavy atom. The maximum atomic E-state index is 12.9. The Bertz CT molecular complexity index is 897. The number of carbonyl (C=O) groups is 1. The number of piperidine rings is 1. The number of pyridine rings is 1. The maximum absolute atomic E-state index is 12.9. The van der Waals surface area contributed by atoms with E-state index in [1.165, 1.54) is 40.5 Å². The lowest BCUT2D eigenvalue weighted by atomic mass is 10.2. The van der Waals surface area contributed by atoms with Crippen molar-refractivity contribution in [2.75, 3.05) is 18.8 Å². The fourth-order valence-electron chi connectivity index (χ4n) is 2.85. The molecule has 1 aliphatic heterocycles. The zero-order valence-corrected chi connectivity index (χ0v) is 16.9. The molecule has 1 aromatic carbocycles. The topological polar surface area (TPSA) is 79.4 Å². The molecule has 9 heteroatoms. The summed E-state index contributed by atoms with van der Waals surface area (Å²) in [7, 11) is -3.50. The lowest BCUT2D eigenvalue weighted by molar-refractivity contribution is -0.118. The number of thioether (sulfide) groups is 1. The molecule has 0 atom stereocenters. The van der Waals surface area contributed by atoms with Crippen LogP contribution in [0.5, 0.6) is 0 Å². The first-order chi connectivity index (χ1) is 13.4. The Hall–Kier alpha value is -1.97. The first-order valence-electron chi connectivity index (χ1n) is 9.05. The van der Waals surface area contributed by atoms with Gasteiger partial charge in [-0.15, -0.1) is 0 Å². The van der Waals surface area contributed by atoms with Crippen molar-refractivity contribution >= 4 is 27.7 Å². The van der Waals surface area contributed by atoms with Gasteiger partial charge in [-0.05, 0) is 42.7 Å². The van der Waals surface area contributed by atoms with Crippen LogP contribution in [0.4, 0.5) is 4.39 Å². The molecule has 28 heavy (non-hydrogen) atoms. The number of carbonyl (C=O) groups excluding carboxylic acids is 1. The summed E-state index contributed by atoms with van der Waals surface area (Å²) < 4.78 is 39.6. The second kappa shape index (κ2) is 9.49. The molecule has 6 nitrogen and oxygen atoms in total. The largest absolute Gasteiger partial charge is 0.351 e. The Morgan fingerprint density at radius 3 is 2.46 bits per heavy atom. The van der Waals surface area contributed by atoms with Crippen LogP contribution in [0.3, 0.4) is 0 Å². The summed E-state index contributed by atoms with van der Waals surface area (Å²) in [6.07, 6.45) is 4.17. The van der Waals surface area contributed by atoms with E-state index in [1.54, 1.807) is 18.2 Å². The number of rotatable bonds is 7. The van der Waals surface area contributed by atoms with Crippen molar-refractivity contribution in [3.63, 3.8) is 0 Å². The van der Waals surface area contributed by atoms with Crippen molar-refractivity contribution in [1.29, 1.82) is 0 Å². The van der Waals surface area contributed by atoms with E-state index in [2.05, 4.69) is 10.3 Å². The molecule has 0 unspecified atom stereocenters. The fourth-order valence-corrected chi connectivity index (χ4v) is 4.99. The van der Waals surface area contributed by atoms with Crippen LogP contribution in [0.15, 0.2) is 52.5 Å². The molecule has 0 saturated carbocycles.